The summed E-state index contributed by atoms with van der Waals surface area (Å²) in [7, 11) is 0. The molecule has 0 aliphatic heterocycles. The molecule has 0 spiro atoms. The van der Waals surface area contributed by atoms with Gasteiger partial charge in [0.25, 0.3) is 5.91 Å². The molecule has 2 N–H and O–H groups in total. The minimum Gasteiger partial charge on any atom is -0.494 e. The molecule has 1 amide bonds. The quantitative estimate of drug-likeness (QED) is 0.486. The van der Waals surface area contributed by atoms with Crippen LogP contribution in [0.4, 0.5) is 5.13 Å². The number of carbonyl (C=O) groups is 1. The number of thiocarbonyl (C=S) groups is 1. The van der Waals surface area contributed by atoms with Crippen molar-refractivity contribution < 1.29 is 9.53 Å². The number of nitrogens with one attached hydrogen (secondary N) is 2. The van der Waals surface area contributed by atoms with Crippen LogP contribution in [0.25, 0.3) is 11.3 Å². The third kappa shape index (κ3) is 5.43. The molecule has 0 saturated carbocycles. The molecular formula is C23H25N3O2S2. The fraction of sp³-hybridized carbons (Fsp3) is 0.261. The molecular weight excluding hydrogens is 414 g/mol. The van der Waals surface area contributed by atoms with Crippen LogP contribution in [0.1, 0.15) is 39.7 Å². The molecule has 0 saturated heterocycles. The van der Waals surface area contributed by atoms with E-state index in [2.05, 4.69) is 42.7 Å². The molecule has 0 bridgehead atoms. The molecule has 0 aliphatic rings. The maximum atomic E-state index is 12.4. The van der Waals surface area contributed by atoms with Crippen LogP contribution in [0.2, 0.25) is 0 Å². The summed E-state index contributed by atoms with van der Waals surface area (Å²) in [6.45, 7) is 8.87. The minimum absolute atomic E-state index is 0.215. The largest absolute Gasteiger partial charge is 0.494 e. The molecule has 0 atom stereocenters. The summed E-state index contributed by atoms with van der Waals surface area (Å²) in [6, 6.07) is 13.3. The number of amides is 1. The number of aryl methyl sites for hydroxylation is 3. The van der Waals surface area contributed by atoms with E-state index in [4.69, 9.17) is 21.9 Å². The fourth-order valence-corrected chi connectivity index (χ4v) is 4.00. The van der Waals surface area contributed by atoms with Crippen molar-refractivity contribution in [2.75, 3.05) is 11.9 Å². The third-order valence-corrected chi connectivity index (χ3v) is 5.57. The number of anilines is 1. The van der Waals surface area contributed by atoms with Gasteiger partial charge in [0.1, 0.15) is 5.75 Å². The number of ether oxygens (including phenoxy) is 1. The van der Waals surface area contributed by atoms with Gasteiger partial charge in [0.2, 0.25) is 0 Å². The lowest BCUT2D eigenvalue weighted by molar-refractivity contribution is 0.0977. The zero-order chi connectivity index (χ0) is 21.7. The average Bonchev–Trinajstić information content (AvgIpc) is 3.08. The molecule has 1 heterocycles. The highest BCUT2D eigenvalue weighted by molar-refractivity contribution is 7.80. The molecule has 0 unspecified atom stereocenters. The smallest absolute Gasteiger partial charge is 0.257 e. The molecule has 156 valence electrons. The molecule has 0 radical (unpaired) electrons. The monoisotopic (exact) mass is 439 g/mol. The zero-order valence-electron chi connectivity index (χ0n) is 17.5. The lowest BCUT2D eigenvalue weighted by Crippen LogP contribution is -2.34. The molecule has 2 aromatic carbocycles. The van der Waals surface area contributed by atoms with E-state index in [-0.39, 0.29) is 11.0 Å². The lowest BCUT2D eigenvalue weighted by atomic mass is 10.0. The van der Waals surface area contributed by atoms with Crippen molar-refractivity contribution in [3.05, 3.63) is 64.0 Å². The van der Waals surface area contributed by atoms with Crippen LogP contribution in [0.3, 0.4) is 0 Å². The Labute approximate surface area is 186 Å². The number of carbonyl (C=O) groups excluding carboxylic acids is 1. The zero-order valence-corrected chi connectivity index (χ0v) is 19.2. The van der Waals surface area contributed by atoms with Gasteiger partial charge in [0.15, 0.2) is 10.2 Å². The summed E-state index contributed by atoms with van der Waals surface area (Å²) >= 11 is 6.82. The van der Waals surface area contributed by atoms with Crippen LogP contribution in [0.5, 0.6) is 5.75 Å². The number of hydrogen-bond acceptors (Lipinski definition) is 5. The first kappa shape index (κ1) is 21.9. The second-order valence-electron chi connectivity index (χ2n) is 7.02. The van der Waals surface area contributed by atoms with Crippen molar-refractivity contribution in [2.24, 2.45) is 0 Å². The number of thiazole rings is 1. The van der Waals surface area contributed by atoms with Gasteiger partial charge >= 0.3 is 0 Å². The van der Waals surface area contributed by atoms with Gasteiger partial charge in [0.05, 0.1) is 12.3 Å². The Balaban J connectivity index is 1.65. The average molecular weight is 440 g/mol. The van der Waals surface area contributed by atoms with Gasteiger partial charge in [-0.05, 0) is 75.3 Å². The Hall–Kier alpha value is -2.77. The van der Waals surface area contributed by atoms with Crippen LogP contribution < -0.4 is 15.4 Å². The van der Waals surface area contributed by atoms with Gasteiger partial charge in [-0.25, -0.2) is 4.98 Å². The SMILES string of the molecule is CCCOc1ccc(C(=O)NC(=S)Nc2nc(-c3cc(C)ccc3C)c(C)s2)cc1. The van der Waals surface area contributed by atoms with Crippen molar-refractivity contribution >= 4 is 39.7 Å². The van der Waals surface area contributed by atoms with E-state index in [9.17, 15) is 4.79 Å². The van der Waals surface area contributed by atoms with Crippen molar-refractivity contribution in [2.45, 2.75) is 34.1 Å². The van der Waals surface area contributed by atoms with Crippen LogP contribution in [0.15, 0.2) is 42.5 Å². The van der Waals surface area contributed by atoms with Crippen molar-refractivity contribution in [1.29, 1.82) is 0 Å². The van der Waals surface area contributed by atoms with Crippen LogP contribution >= 0.6 is 23.6 Å². The topological polar surface area (TPSA) is 63.2 Å². The maximum Gasteiger partial charge on any atom is 0.257 e. The fourth-order valence-electron chi connectivity index (χ4n) is 2.92. The van der Waals surface area contributed by atoms with Gasteiger partial charge in [0, 0.05) is 16.0 Å². The molecule has 0 aliphatic carbocycles. The van der Waals surface area contributed by atoms with E-state index in [1.165, 1.54) is 22.5 Å². The van der Waals surface area contributed by atoms with Gasteiger partial charge in [-0.3, -0.25) is 10.1 Å². The lowest BCUT2D eigenvalue weighted by Gasteiger charge is -2.08. The van der Waals surface area contributed by atoms with Gasteiger partial charge in [-0.15, -0.1) is 11.3 Å². The number of rotatable bonds is 6. The second kappa shape index (κ2) is 9.82. The minimum atomic E-state index is -0.280. The highest BCUT2D eigenvalue weighted by Gasteiger charge is 2.14. The normalized spacial score (nSPS) is 10.5. The first-order valence-electron chi connectivity index (χ1n) is 9.77. The Morgan fingerprint density at radius 3 is 2.57 bits per heavy atom. The maximum absolute atomic E-state index is 12.4. The van der Waals surface area contributed by atoms with E-state index in [1.54, 1.807) is 24.3 Å². The highest BCUT2D eigenvalue weighted by atomic mass is 32.1. The standard InChI is InChI=1S/C23H25N3O2S2/c1-5-12-28-18-10-8-17(9-11-18)21(27)25-22(29)26-23-24-20(16(4)30-23)19-13-14(2)6-7-15(19)3/h6-11,13H,5,12H2,1-4H3,(H2,24,25,26,27,29). The van der Waals surface area contributed by atoms with Crippen molar-refractivity contribution in [3.63, 3.8) is 0 Å². The van der Waals surface area contributed by atoms with Crippen LogP contribution in [-0.2, 0) is 0 Å². The van der Waals surface area contributed by atoms with Crippen molar-refractivity contribution in [3.8, 4) is 17.0 Å². The van der Waals surface area contributed by atoms with Gasteiger partial charge < -0.3 is 10.1 Å². The molecule has 30 heavy (non-hydrogen) atoms. The highest BCUT2D eigenvalue weighted by Crippen LogP contribution is 2.32. The summed E-state index contributed by atoms with van der Waals surface area (Å²) in [5, 5.41) is 6.60. The summed E-state index contributed by atoms with van der Waals surface area (Å²) in [5.41, 5.74) is 4.90. The van der Waals surface area contributed by atoms with E-state index < -0.39 is 0 Å². The van der Waals surface area contributed by atoms with E-state index in [1.807, 2.05) is 13.8 Å². The van der Waals surface area contributed by atoms with Crippen LogP contribution in [0, 0.1) is 20.8 Å². The molecule has 1 aromatic heterocycles. The first-order valence-corrected chi connectivity index (χ1v) is 11.0. The Morgan fingerprint density at radius 1 is 1.13 bits per heavy atom. The second-order valence-corrected chi connectivity index (χ2v) is 8.63. The molecule has 7 heteroatoms. The molecule has 3 rings (SSSR count). The predicted octanol–water partition coefficient (Wildman–Crippen LogP) is 5.65. The van der Waals surface area contributed by atoms with E-state index >= 15 is 0 Å². The number of hydrogen-bond donors (Lipinski definition) is 2. The van der Waals surface area contributed by atoms with Gasteiger partial charge in [-0.1, -0.05) is 24.6 Å². The Bertz CT molecular complexity index is 1060. The Morgan fingerprint density at radius 2 is 1.87 bits per heavy atom. The predicted molar refractivity (Wildman–Crippen MR) is 128 cm³/mol. The third-order valence-electron chi connectivity index (χ3n) is 4.48. The van der Waals surface area contributed by atoms with E-state index in [0.717, 1.165) is 28.3 Å². The molecule has 3 aromatic rings. The Kier molecular flexibility index (Phi) is 7.18. The van der Waals surface area contributed by atoms with Crippen molar-refractivity contribution in [1.82, 2.24) is 10.3 Å². The molecule has 5 nitrogen and oxygen atoms in total. The summed E-state index contributed by atoms with van der Waals surface area (Å²) < 4.78 is 5.54. The summed E-state index contributed by atoms with van der Waals surface area (Å²) in [5.74, 6) is 0.462. The number of aromatic nitrogens is 1. The number of nitrogens with zero attached hydrogens (tertiary/aromatic N) is 1. The summed E-state index contributed by atoms with van der Waals surface area (Å²) in [6.07, 6.45) is 0.934. The number of benzene rings is 2. The first-order chi connectivity index (χ1) is 14.4. The summed E-state index contributed by atoms with van der Waals surface area (Å²) in [4.78, 5) is 18.2. The molecule has 0 fully saturated rings. The van der Waals surface area contributed by atoms with Crippen LogP contribution in [-0.4, -0.2) is 22.6 Å². The van der Waals surface area contributed by atoms with Gasteiger partial charge in [-0.2, -0.15) is 0 Å². The van der Waals surface area contributed by atoms with E-state index in [0.29, 0.717) is 17.3 Å².